The van der Waals surface area contributed by atoms with Gasteiger partial charge in [-0.15, -0.1) is 0 Å². The molecule has 0 aliphatic carbocycles. The molecule has 40 heavy (non-hydrogen) atoms. The van der Waals surface area contributed by atoms with Crippen molar-refractivity contribution >= 4 is 23.3 Å². The topological polar surface area (TPSA) is 104 Å². The molecule has 1 aromatic heterocycles. The second-order valence-corrected chi connectivity index (χ2v) is 11.2. The first-order chi connectivity index (χ1) is 19.3. The van der Waals surface area contributed by atoms with Crippen LogP contribution in [-0.2, 0) is 20.8 Å². The summed E-state index contributed by atoms with van der Waals surface area (Å²) >= 11 is 0. The maximum absolute atomic E-state index is 13.0. The number of carbonyl (C=O) groups excluding carboxylic acids is 1. The van der Waals surface area contributed by atoms with E-state index in [9.17, 15) is 10.1 Å². The van der Waals surface area contributed by atoms with E-state index in [4.69, 9.17) is 14.5 Å². The molecule has 2 fully saturated rings. The number of nitrogens with one attached hydrogen (secondary N) is 1. The lowest BCUT2D eigenvalue weighted by Gasteiger charge is -2.33. The third-order valence-corrected chi connectivity index (χ3v) is 7.05. The van der Waals surface area contributed by atoms with E-state index in [2.05, 4.69) is 38.3 Å². The van der Waals surface area contributed by atoms with E-state index >= 15 is 0 Å². The third kappa shape index (κ3) is 6.76. The molecule has 3 aromatic rings. The van der Waals surface area contributed by atoms with E-state index in [1.54, 1.807) is 12.3 Å². The molecule has 3 heterocycles. The van der Waals surface area contributed by atoms with Crippen LogP contribution in [0.1, 0.15) is 44.7 Å². The molecule has 5 rings (SSSR count). The fraction of sp³-hybridized carbons (Fsp3) is 0.419. The molecule has 208 valence electrons. The Morgan fingerprint density at radius 1 is 1.15 bits per heavy atom. The van der Waals surface area contributed by atoms with Gasteiger partial charge in [-0.05, 0) is 82.1 Å². The fourth-order valence-electron chi connectivity index (χ4n) is 5.23. The minimum absolute atomic E-state index is 0.155. The van der Waals surface area contributed by atoms with E-state index < -0.39 is 5.60 Å². The van der Waals surface area contributed by atoms with Gasteiger partial charge in [-0.1, -0.05) is 12.1 Å². The van der Waals surface area contributed by atoms with E-state index in [1.165, 1.54) is 0 Å². The van der Waals surface area contributed by atoms with Crippen LogP contribution in [0.5, 0.6) is 0 Å². The lowest BCUT2D eigenvalue weighted by molar-refractivity contribution is -0.160. The first kappa shape index (κ1) is 27.6. The summed E-state index contributed by atoms with van der Waals surface area (Å²) in [5, 5.41) is 12.6. The Morgan fingerprint density at radius 2 is 1.98 bits per heavy atom. The van der Waals surface area contributed by atoms with Gasteiger partial charge in [-0.3, -0.25) is 9.69 Å². The van der Waals surface area contributed by atoms with Crippen LogP contribution in [0.15, 0.2) is 54.7 Å². The van der Waals surface area contributed by atoms with Crippen LogP contribution in [0.3, 0.4) is 0 Å². The summed E-state index contributed by atoms with van der Waals surface area (Å²) in [7, 11) is 0. The van der Waals surface area contributed by atoms with Crippen molar-refractivity contribution in [2.24, 2.45) is 0 Å². The molecule has 0 spiro atoms. The van der Waals surface area contributed by atoms with Crippen LogP contribution in [0.2, 0.25) is 0 Å². The predicted octanol–water partition coefficient (Wildman–Crippen LogP) is 4.90. The molecule has 1 N–H and O–H groups in total. The van der Waals surface area contributed by atoms with Crippen LogP contribution in [0.25, 0.3) is 11.3 Å². The van der Waals surface area contributed by atoms with Crippen LogP contribution in [-0.4, -0.2) is 65.3 Å². The Hall–Kier alpha value is -4.00. The van der Waals surface area contributed by atoms with Gasteiger partial charge in [0.05, 0.1) is 30.5 Å². The molecule has 2 aliphatic heterocycles. The van der Waals surface area contributed by atoms with Gasteiger partial charge in [0.2, 0.25) is 5.95 Å². The van der Waals surface area contributed by atoms with Crippen molar-refractivity contribution < 1.29 is 14.3 Å². The van der Waals surface area contributed by atoms with Crippen molar-refractivity contribution in [3.8, 4) is 17.3 Å². The van der Waals surface area contributed by atoms with E-state index in [0.29, 0.717) is 31.3 Å². The Morgan fingerprint density at radius 3 is 2.75 bits per heavy atom. The molecule has 9 heteroatoms. The van der Waals surface area contributed by atoms with Gasteiger partial charge in [0, 0.05) is 42.8 Å². The number of hydrogen-bond acceptors (Lipinski definition) is 9. The summed E-state index contributed by atoms with van der Waals surface area (Å²) in [4.78, 5) is 26.7. The summed E-state index contributed by atoms with van der Waals surface area (Å²) in [6.45, 7) is 10.2. The minimum Gasteiger partial charge on any atom is -0.459 e. The lowest BCUT2D eigenvalue weighted by Crippen LogP contribution is -2.41. The van der Waals surface area contributed by atoms with Gasteiger partial charge in [-0.25, -0.2) is 9.97 Å². The number of likely N-dealkylation sites (tertiary alicyclic amines) is 1. The summed E-state index contributed by atoms with van der Waals surface area (Å²) in [5.74, 6) is 0.315. The number of aromatic nitrogens is 2. The zero-order valence-electron chi connectivity index (χ0n) is 23.4. The molecule has 0 amide bonds. The SMILES string of the molecule is CC(C)(C)OC(=O)[C@@H]1CCCN1Cc1cc(Nc2nccc(-c3cccc(C#N)c3)n2)ccc1N1CCOCC1. The molecule has 9 nitrogen and oxygen atoms in total. The molecule has 2 aliphatic rings. The predicted molar refractivity (Wildman–Crippen MR) is 154 cm³/mol. The number of rotatable bonds is 7. The van der Waals surface area contributed by atoms with E-state index in [-0.39, 0.29) is 12.0 Å². The first-order valence-electron chi connectivity index (χ1n) is 13.8. The van der Waals surface area contributed by atoms with Crippen molar-refractivity contribution in [1.29, 1.82) is 5.26 Å². The van der Waals surface area contributed by atoms with E-state index in [0.717, 1.165) is 60.7 Å². The van der Waals surface area contributed by atoms with Gasteiger partial charge in [0.15, 0.2) is 0 Å². The van der Waals surface area contributed by atoms with Gasteiger partial charge in [-0.2, -0.15) is 5.26 Å². The number of nitriles is 1. The van der Waals surface area contributed by atoms with Crippen LogP contribution >= 0.6 is 0 Å². The number of benzene rings is 2. The second kappa shape index (κ2) is 12.0. The zero-order chi connectivity index (χ0) is 28.1. The smallest absolute Gasteiger partial charge is 0.323 e. The minimum atomic E-state index is -0.515. The van der Waals surface area contributed by atoms with E-state index in [1.807, 2.05) is 51.1 Å². The maximum Gasteiger partial charge on any atom is 0.323 e. The van der Waals surface area contributed by atoms with Crippen LogP contribution < -0.4 is 10.2 Å². The Labute approximate surface area is 235 Å². The van der Waals surface area contributed by atoms with Crippen molar-refractivity contribution in [1.82, 2.24) is 14.9 Å². The molecule has 0 saturated carbocycles. The Bertz CT molecular complexity index is 1390. The summed E-state index contributed by atoms with van der Waals surface area (Å²) in [5.41, 5.74) is 4.79. The van der Waals surface area contributed by atoms with Gasteiger partial charge < -0.3 is 19.7 Å². The Balaban J connectivity index is 1.40. The second-order valence-electron chi connectivity index (χ2n) is 11.2. The quantitative estimate of drug-likeness (QED) is 0.419. The highest BCUT2D eigenvalue weighted by atomic mass is 16.6. The molecule has 0 bridgehead atoms. The van der Waals surface area contributed by atoms with Crippen molar-refractivity contribution in [3.05, 3.63) is 65.9 Å². The fourth-order valence-corrected chi connectivity index (χ4v) is 5.23. The number of anilines is 3. The zero-order valence-corrected chi connectivity index (χ0v) is 23.4. The molecule has 0 unspecified atom stereocenters. The number of ether oxygens (including phenoxy) is 2. The third-order valence-electron chi connectivity index (χ3n) is 7.05. The van der Waals surface area contributed by atoms with Gasteiger partial charge in [0.1, 0.15) is 11.6 Å². The summed E-state index contributed by atoms with van der Waals surface area (Å²) in [6, 6.07) is 17.4. The highest BCUT2D eigenvalue weighted by Crippen LogP contribution is 2.31. The highest BCUT2D eigenvalue weighted by molar-refractivity contribution is 5.76. The molecule has 2 aromatic carbocycles. The molecular formula is C31H36N6O3. The van der Waals surface area contributed by atoms with Crippen molar-refractivity contribution in [3.63, 3.8) is 0 Å². The van der Waals surface area contributed by atoms with Crippen LogP contribution in [0, 0.1) is 11.3 Å². The summed E-state index contributed by atoms with van der Waals surface area (Å²) < 4.78 is 11.3. The first-order valence-corrected chi connectivity index (χ1v) is 13.8. The standard InChI is InChI=1S/C31H36N6O3/c1-31(2,3)40-29(38)28-8-5-13-37(28)21-24-19-25(9-10-27(24)36-14-16-39-17-15-36)34-30-33-12-11-26(35-30)23-7-4-6-22(18-23)20-32/h4,6-7,9-12,18-19,28H,5,8,13-17,21H2,1-3H3,(H,33,34,35)/t28-/m0/s1. The maximum atomic E-state index is 13.0. The molecule has 1 atom stereocenters. The van der Waals surface area contributed by atoms with Crippen molar-refractivity contribution in [2.45, 2.75) is 51.8 Å². The van der Waals surface area contributed by atoms with Gasteiger partial charge in [0.25, 0.3) is 0 Å². The number of nitrogens with zero attached hydrogens (tertiary/aromatic N) is 5. The Kier molecular flexibility index (Phi) is 8.29. The largest absolute Gasteiger partial charge is 0.459 e. The lowest BCUT2D eigenvalue weighted by atomic mass is 10.1. The monoisotopic (exact) mass is 540 g/mol. The molecule has 2 saturated heterocycles. The number of morpholine rings is 1. The van der Waals surface area contributed by atoms with Gasteiger partial charge >= 0.3 is 5.97 Å². The van der Waals surface area contributed by atoms with Crippen LogP contribution in [0.4, 0.5) is 17.3 Å². The molecular weight excluding hydrogens is 504 g/mol. The van der Waals surface area contributed by atoms with Crippen molar-refractivity contribution in [2.75, 3.05) is 43.1 Å². The number of hydrogen-bond donors (Lipinski definition) is 1. The number of esters is 1. The molecule has 0 radical (unpaired) electrons. The normalized spacial score (nSPS) is 17.9. The average Bonchev–Trinajstić information content (AvgIpc) is 3.41. The highest BCUT2D eigenvalue weighted by Gasteiger charge is 2.34. The summed E-state index contributed by atoms with van der Waals surface area (Å²) in [6.07, 6.45) is 3.47. The number of carbonyl (C=O) groups is 1. The average molecular weight is 541 g/mol.